The second-order valence-electron chi connectivity index (χ2n) is 9.23. The molecular formula is C27H33N5O4. The molecule has 1 saturated heterocycles. The van der Waals surface area contributed by atoms with Gasteiger partial charge in [-0.2, -0.15) is 5.10 Å². The lowest BCUT2D eigenvalue weighted by Gasteiger charge is -2.31. The van der Waals surface area contributed by atoms with E-state index in [0.717, 1.165) is 35.4 Å². The van der Waals surface area contributed by atoms with Crippen LogP contribution in [0, 0.1) is 0 Å². The highest BCUT2D eigenvalue weighted by molar-refractivity contribution is 6.03. The number of primary amides is 1. The zero-order valence-corrected chi connectivity index (χ0v) is 20.6. The largest absolute Gasteiger partial charge is 0.497 e. The van der Waals surface area contributed by atoms with Crippen LogP contribution in [0.1, 0.15) is 49.3 Å². The van der Waals surface area contributed by atoms with Crippen molar-refractivity contribution in [3.8, 4) is 5.75 Å². The molecule has 0 aromatic heterocycles. The smallest absolute Gasteiger partial charge is 0.243 e. The highest BCUT2D eigenvalue weighted by Crippen LogP contribution is 2.34. The Balaban J connectivity index is 1.37. The Morgan fingerprint density at radius 1 is 1.03 bits per heavy atom. The van der Waals surface area contributed by atoms with Crippen LogP contribution in [0.3, 0.4) is 0 Å². The van der Waals surface area contributed by atoms with Gasteiger partial charge < -0.3 is 15.8 Å². The lowest BCUT2D eigenvalue weighted by Crippen LogP contribution is -2.46. The number of hydrazone groups is 1. The maximum atomic E-state index is 13.2. The minimum absolute atomic E-state index is 0.0401. The Morgan fingerprint density at radius 2 is 1.72 bits per heavy atom. The van der Waals surface area contributed by atoms with Crippen LogP contribution in [-0.2, 0) is 14.4 Å². The van der Waals surface area contributed by atoms with Crippen LogP contribution in [-0.4, -0.2) is 66.1 Å². The summed E-state index contributed by atoms with van der Waals surface area (Å²) >= 11 is 0. The number of nitrogens with one attached hydrogen (secondary N) is 1. The summed E-state index contributed by atoms with van der Waals surface area (Å²) in [5.41, 5.74) is 8.05. The van der Waals surface area contributed by atoms with Gasteiger partial charge in [-0.05, 0) is 36.1 Å². The molecule has 0 radical (unpaired) electrons. The zero-order valence-electron chi connectivity index (χ0n) is 20.6. The molecule has 0 bridgehead atoms. The Morgan fingerprint density at radius 3 is 2.36 bits per heavy atom. The van der Waals surface area contributed by atoms with Crippen molar-refractivity contribution >= 4 is 23.4 Å². The Kier molecular flexibility index (Phi) is 8.32. The van der Waals surface area contributed by atoms with Crippen LogP contribution < -0.4 is 15.8 Å². The second kappa shape index (κ2) is 11.8. The predicted octanol–water partition coefficient (Wildman–Crippen LogP) is 2.22. The molecule has 0 spiro atoms. The molecule has 0 unspecified atom stereocenters. The van der Waals surface area contributed by atoms with Crippen molar-refractivity contribution in [1.82, 2.24) is 15.2 Å². The van der Waals surface area contributed by atoms with Gasteiger partial charge in [0.1, 0.15) is 5.75 Å². The zero-order chi connectivity index (χ0) is 25.5. The summed E-state index contributed by atoms with van der Waals surface area (Å²) in [6.45, 7) is 1.66. The molecule has 190 valence electrons. The molecule has 1 fully saturated rings. The molecule has 2 aromatic carbocycles. The first kappa shape index (κ1) is 25.4. The van der Waals surface area contributed by atoms with E-state index in [1.807, 2.05) is 59.5 Å². The number of nitrogens with zero attached hydrogens (tertiary/aromatic N) is 3. The van der Waals surface area contributed by atoms with Crippen LogP contribution in [0.25, 0.3) is 0 Å². The van der Waals surface area contributed by atoms with Crippen LogP contribution in [0.15, 0.2) is 59.7 Å². The fraction of sp³-hybridized carbons (Fsp3) is 0.407. The number of carbonyl (C=O) groups excluding carboxylic acids is 3. The first-order chi connectivity index (χ1) is 17.4. The van der Waals surface area contributed by atoms with Gasteiger partial charge in [-0.25, -0.2) is 5.01 Å². The topological polar surface area (TPSA) is 117 Å². The third kappa shape index (κ3) is 6.48. The van der Waals surface area contributed by atoms with E-state index < -0.39 is 0 Å². The van der Waals surface area contributed by atoms with Crippen molar-refractivity contribution in [2.75, 3.05) is 26.7 Å². The standard InChI is InChI=1S/C27H33N5O4/c1-36-22-9-7-20(8-10-22)24-17-23(19-5-3-2-4-6-19)30-32(24)27(35)12-11-26(34)29-21-13-15-31(16-14-21)18-25(28)33/h2-10,21,24H,11-18H2,1H3,(H2,28,33)(H,29,34)/t24-/m0/s1. The molecule has 36 heavy (non-hydrogen) atoms. The molecule has 3 amide bonds. The van der Waals surface area contributed by atoms with Gasteiger partial charge in [0.15, 0.2) is 0 Å². The summed E-state index contributed by atoms with van der Waals surface area (Å²) in [6, 6.07) is 17.3. The quantitative estimate of drug-likeness (QED) is 0.558. The van der Waals surface area contributed by atoms with Crippen LogP contribution in [0.2, 0.25) is 0 Å². The molecule has 0 aliphatic carbocycles. The molecule has 2 aromatic rings. The normalized spacial score (nSPS) is 18.5. The van der Waals surface area contributed by atoms with Crippen molar-refractivity contribution in [3.63, 3.8) is 0 Å². The third-order valence-electron chi connectivity index (χ3n) is 6.67. The highest BCUT2D eigenvalue weighted by atomic mass is 16.5. The van der Waals surface area contributed by atoms with Gasteiger partial charge in [0.05, 0.1) is 25.4 Å². The Hall–Kier alpha value is -3.72. The van der Waals surface area contributed by atoms with E-state index >= 15 is 0 Å². The second-order valence-corrected chi connectivity index (χ2v) is 9.23. The van der Waals surface area contributed by atoms with E-state index in [1.54, 1.807) is 7.11 Å². The van der Waals surface area contributed by atoms with E-state index in [1.165, 1.54) is 5.01 Å². The summed E-state index contributed by atoms with van der Waals surface area (Å²) in [5.74, 6) is 0.0669. The Bertz CT molecular complexity index is 1090. The average molecular weight is 492 g/mol. The molecule has 2 heterocycles. The third-order valence-corrected chi connectivity index (χ3v) is 6.67. The fourth-order valence-corrected chi connectivity index (χ4v) is 4.72. The number of ether oxygens (including phenoxy) is 1. The van der Waals surface area contributed by atoms with Gasteiger partial charge >= 0.3 is 0 Å². The predicted molar refractivity (Wildman–Crippen MR) is 136 cm³/mol. The number of methoxy groups -OCH3 is 1. The molecule has 9 nitrogen and oxygen atoms in total. The average Bonchev–Trinajstić information content (AvgIpc) is 3.34. The summed E-state index contributed by atoms with van der Waals surface area (Å²) < 4.78 is 5.27. The monoisotopic (exact) mass is 491 g/mol. The molecule has 3 N–H and O–H groups in total. The number of carbonyl (C=O) groups is 3. The fourth-order valence-electron chi connectivity index (χ4n) is 4.72. The minimum atomic E-state index is -0.344. The van der Waals surface area contributed by atoms with Crippen LogP contribution in [0.4, 0.5) is 0 Å². The van der Waals surface area contributed by atoms with Gasteiger partial charge in [-0.3, -0.25) is 19.3 Å². The summed E-state index contributed by atoms with van der Waals surface area (Å²) in [6.07, 6.45) is 2.28. The van der Waals surface area contributed by atoms with Gasteiger partial charge in [0.2, 0.25) is 17.7 Å². The molecule has 9 heteroatoms. The van der Waals surface area contributed by atoms with Crippen molar-refractivity contribution in [3.05, 3.63) is 65.7 Å². The SMILES string of the molecule is COc1ccc([C@@H]2CC(c3ccccc3)=NN2C(=O)CCC(=O)NC2CCN(CC(N)=O)CC2)cc1. The van der Waals surface area contributed by atoms with Gasteiger partial charge in [0, 0.05) is 38.4 Å². The molecule has 2 aliphatic heterocycles. The molecule has 1 atom stereocenters. The minimum Gasteiger partial charge on any atom is -0.497 e. The number of hydrogen-bond donors (Lipinski definition) is 2. The Labute approximate surface area is 211 Å². The summed E-state index contributed by atoms with van der Waals surface area (Å²) in [7, 11) is 1.62. The summed E-state index contributed by atoms with van der Waals surface area (Å²) in [5, 5.41) is 9.23. The molecular weight excluding hydrogens is 458 g/mol. The lowest BCUT2D eigenvalue weighted by molar-refractivity contribution is -0.135. The van der Waals surface area contributed by atoms with Crippen LogP contribution in [0.5, 0.6) is 5.75 Å². The molecule has 2 aliphatic rings. The van der Waals surface area contributed by atoms with E-state index in [0.29, 0.717) is 19.5 Å². The van der Waals surface area contributed by atoms with Crippen molar-refractivity contribution in [1.29, 1.82) is 0 Å². The number of piperidine rings is 1. The van der Waals surface area contributed by atoms with E-state index in [9.17, 15) is 14.4 Å². The maximum Gasteiger partial charge on any atom is 0.243 e. The lowest BCUT2D eigenvalue weighted by atomic mass is 9.98. The summed E-state index contributed by atoms with van der Waals surface area (Å²) in [4.78, 5) is 38.9. The number of nitrogens with two attached hydrogens (primary N) is 1. The molecule has 4 rings (SSSR count). The highest BCUT2D eigenvalue weighted by Gasteiger charge is 2.33. The van der Waals surface area contributed by atoms with Crippen molar-refractivity contribution < 1.29 is 19.1 Å². The van der Waals surface area contributed by atoms with Crippen LogP contribution >= 0.6 is 0 Å². The number of amides is 3. The van der Waals surface area contributed by atoms with Crippen molar-refractivity contribution in [2.24, 2.45) is 10.8 Å². The first-order valence-corrected chi connectivity index (χ1v) is 12.3. The van der Waals surface area contributed by atoms with Gasteiger partial charge in [0.25, 0.3) is 0 Å². The first-order valence-electron chi connectivity index (χ1n) is 12.3. The number of likely N-dealkylation sites (tertiary alicyclic amines) is 1. The maximum absolute atomic E-state index is 13.2. The molecule has 0 saturated carbocycles. The number of rotatable bonds is 9. The van der Waals surface area contributed by atoms with E-state index in [-0.39, 0.29) is 49.2 Å². The number of benzene rings is 2. The van der Waals surface area contributed by atoms with Gasteiger partial charge in [-0.15, -0.1) is 0 Å². The number of hydrogen-bond acceptors (Lipinski definition) is 6. The van der Waals surface area contributed by atoms with E-state index in [4.69, 9.17) is 10.5 Å². The van der Waals surface area contributed by atoms with Crippen molar-refractivity contribution in [2.45, 2.75) is 44.2 Å². The van der Waals surface area contributed by atoms with Gasteiger partial charge in [-0.1, -0.05) is 42.5 Å². The van der Waals surface area contributed by atoms with E-state index in [2.05, 4.69) is 10.4 Å².